The van der Waals surface area contributed by atoms with Crippen LogP contribution in [0.4, 0.5) is 0 Å². The van der Waals surface area contributed by atoms with Crippen LogP contribution in [0.25, 0.3) is 0 Å². The minimum absolute atomic E-state index is 0. The predicted octanol–water partition coefficient (Wildman–Crippen LogP) is 1.67. The molecule has 2 N–H and O–H groups in total. The Labute approximate surface area is 111 Å². The van der Waals surface area contributed by atoms with Gasteiger partial charge in [0.15, 0.2) is 0 Å². The fourth-order valence-corrected chi connectivity index (χ4v) is 1.53. The van der Waals surface area contributed by atoms with Crippen molar-refractivity contribution in [2.75, 3.05) is 26.2 Å². The van der Waals surface area contributed by atoms with Crippen molar-refractivity contribution < 1.29 is 9.53 Å². The van der Waals surface area contributed by atoms with Gasteiger partial charge in [-0.15, -0.1) is 12.4 Å². The molecule has 0 aliphatic heterocycles. The number of hydrogen-bond donors (Lipinski definition) is 1. The van der Waals surface area contributed by atoms with E-state index in [9.17, 15) is 4.79 Å². The molecule has 0 spiro atoms. The molecule has 0 heterocycles. The summed E-state index contributed by atoms with van der Waals surface area (Å²) in [6, 6.07) is -0.475. The fourth-order valence-electron chi connectivity index (χ4n) is 1.53. The van der Waals surface area contributed by atoms with Gasteiger partial charge in [-0.1, -0.05) is 27.7 Å². The molecule has 0 aromatic carbocycles. The lowest BCUT2D eigenvalue weighted by atomic mass is 10.1. The molecule has 4 nitrogen and oxygen atoms in total. The predicted molar refractivity (Wildman–Crippen MR) is 73.4 cm³/mol. The van der Waals surface area contributed by atoms with Crippen molar-refractivity contribution in [1.29, 1.82) is 0 Å². The second kappa shape index (κ2) is 10.8. The van der Waals surface area contributed by atoms with E-state index in [0.29, 0.717) is 18.9 Å². The highest BCUT2D eigenvalue weighted by molar-refractivity contribution is 5.85. The van der Waals surface area contributed by atoms with Crippen molar-refractivity contribution in [2.24, 2.45) is 11.7 Å². The van der Waals surface area contributed by atoms with E-state index in [2.05, 4.69) is 18.7 Å². The first-order valence-corrected chi connectivity index (χ1v) is 6.15. The number of esters is 1. The molecule has 1 atom stereocenters. The smallest absolute Gasteiger partial charge is 0.322 e. The van der Waals surface area contributed by atoms with Crippen molar-refractivity contribution in [3.05, 3.63) is 0 Å². The van der Waals surface area contributed by atoms with Crippen molar-refractivity contribution in [1.82, 2.24) is 4.90 Å². The molecule has 104 valence electrons. The van der Waals surface area contributed by atoms with Crippen LogP contribution < -0.4 is 5.73 Å². The average Bonchev–Trinajstić information content (AvgIpc) is 2.23. The molecule has 0 saturated heterocycles. The standard InChI is InChI=1S/C12H26N2O2.ClH/c1-5-14(6-2)7-8-16-12(15)11(13)9-10(3)4;/h10-11H,5-9,13H2,1-4H3;1H/t11-;/m0./s1. The van der Waals surface area contributed by atoms with Crippen LogP contribution in [0.5, 0.6) is 0 Å². The average molecular weight is 267 g/mol. The molecule has 0 unspecified atom stereocenters. The van der Waals surface area contributed by atoms with Gasteiger partial charge in [0.25, 0.3) is 0 Å². The van der Waals surface area contributed by atoms with Crippen molar-refractivity contribution in [3.8, 4) is 0 Å². The summed E-state index contributed by atoms with van der Waals surface area (Å²) >= 11 is 0. The maximum absolute atomic E-state index is 11.5. The van der Waals surface area contributed by atoms with Gasteiger partial charge >= 0.3 is 5.97 Å². The maximum atomic E-state index is 11.5. The lowest BCUT2D eigenvalue weighted by Crippen LogP contribution is -2.35. The first-order chi connectivity index (χ1) is 7.51. The minimum Gasteiger partial charge on any atom is -0.463 e. The van der Waals surface area contributed by atoms with Crippen LogP contribution in [0.3, 0.4) is 0 Å². The number of nitrogens with zero attached hydrogens (tertiary/aromatic N) is 1. The number of halogens is 1. The highest BCUT2D eigenvalue weighted by atomic mass is 35.5. The van der Waals surface area contributed by atoms with E-state index in [1.54, 1.807) is 0 Å². The first-order valence-electron chi connectivity index (χ1n) is 6.15. The van der Waals surface area contributed by atoms with E-state index in [0.717, 1.165) is 19.6 Å². The van der Waals surface area contributed by atoms with Crippen LogP contribution >= 0.6 is 12.4 Å². The lowest BCUT2D eigenvalue weighted by molar-refractivity contribution is -0.146. The van der Waals surface area contributed by atoms with Crippen molar-refractivity contribution in [3.63, 3.8) is 0 Å². The van der Waals surface area contributed by atoms with Gasteiger partial charge < -0.3 is 15.4 Å². The number of likely N-dealkylation sites (N-methyl/N-ethyl adjacent to an activating group) is 1. The van der Waals surface area contributed by atoms with Gasteiger partial charge in [0.1, 0.15) is 12.6 Å². The summed E-state index contributed by atoms with van der Waals surface area (Å²) in [5.41, 5.74) is 5.71. The van der Waals surface area contributed by atoms with E-state index in [1.807, 2.05) is 13.8 Å². The molecule has 0 fully saturated rings. The molecule has 0 aliphatic carbocycles. The Morgan fingerprint density at radius 1 is 1.29 bits per heavy atom. The van der Waals surface area contributed by atoms with Gasteiger partial charge in [0, 0.05) is 6.54 Å². The molecule has 0 aliphatic rings. The van der Waals surface area contributed by atoms with Crippen molar-refractivity contribution in [2.45, 2.75) is 40.2 Å². The summed E-state index contributed by atoms with van der Waals surface area (Å²) in [4.78, 5) is 13.7. The van der Waals surface area contributed by atoms with Gasteiger partial charge in [-0.3, -0.25) is 4.79 Å². The largest absolute Gasteiger partial charge is 0.463 e. The molecule has 0 radical (unpaired) electrons. The van der Waals surface area contributed by atoms with E-state index in [-0.39, 0.29) is 18.4 Å². The normalized spacial score (nSPS) is 12.4. The summed E-state index contributed by atoms with van der Waals surface area (Å²) in [7, 11) is 0. The Morgan fingerprint density at radius 3 is 2.24 bits per heavy atom. The monoisotopic (exact) mass is 266 g/mol. The van der Waals surface area contributed by atoms with Crippen LogP contribution in [-0.4, -0.2) is 43.2 Å². The quantitative estimate of drug-likeness (QED) is 0.679. The van der Waals surface area contributed by atoms with Crippen molar-refractivity contribution >= 4 is 18.4 Å². The molecular weight excluding hydrogens is 240 g/mol. The number of rotatable bonds is 8. The van der Waals surface area contributed by atoms with E-state index >= 15 is 0 Å². The zero-order valence-electron chi connectivity index (χ0n) is 11.4. The number of carbonyl (C=O) groups is 1. The highest BCUT2D eigenvalue weighted by Gasteiger charge is 2.16. The SMILES string of the molecule is CCN(CC)CCOC(=O)[C@@H](N)CC(C)C.Cl. The number of nitrogens with two attached hydrogens (primary N) is 1. The van der Waals surface area contributed by atoms with Gasteiger partial charge in [0.05, 0.1) is 0 Å². The third-order valence-electron chi connectivity index (χ3n) is 2.57. The zero-order chi connectivity index (χ0) is 12.6. The van der Waals surface area contributed by atoms with Crippen LogP contribution in [0.15, 0.2) is 0 Å². The second-order valence-electron chi connectivity index (χ2n) is 4.43. The fraction of sp³-hybridized carbons (Fsp3) is 0.917. The Hall–Kier alpha value is -0.320. The molecule has 5 heteroatoms. The van der Waals surface area contributed by atoms with Crippen LogP contribution in [0.1, 0.15) is 34.1 Å². The second-order valence-corrected chi connectivity index (χ2v) is 4.43. The number of carbonyl (C=O) groups excluding carboxylic acids is 1. The highest BCUT2D eigenvalue weighted by Crippen LogP contribution is 2.03. The van der Waals surface area contributed by atoms with Crippen LogP contribution in [0, 0.1) is 5.92 Å². The molecule has 17 heavy (non-hydrogen) atoms. The van der Waals surface area contributed by atoms with Gasteiger partial charge in [0.2, 0.25) is 0 Å². The van der Waals surface area contributed by atoms with Crippen LogP contribution in [0.2, 0.25) is 0 Å². The van der Waals surface area contributed by atoms with Crippen LogP contribution in [-0.2, 0) is 9.53 Å². The topological polar surface area (TPSA) is 55.6 Å². The van der Waals surface area contributed by atoms with Gasteiger partial charge in [-0.25, -0.2) is 0 Å². The molecule has 0 saturated carbocycles. The number of hydrogen-bond acceptors (Lipinski definition) is 4. The maximum Gasteiger partial charge on any atom is 0.322 e. The molecule has 0 aromatic heterocycles. The van der Waals surface area contributed by atoms with Gasteiger partial charge in [-0.2, -0.15) is 0 Å². The Bertz CT molecular complexity index is 197. The van der Waals surface area contributed by atoms with Gasteiger partial charge in [-0.05, 0) is 25.4 Å². The summed E-state index contributed by atoms with van der Waals surface area (Å²) in [5.74, 6) is 0.145. The molecule has 0 bridgehead atoms. The van der Waals surface area contributed by atoms with E-state index < -0.39 is 6.04 Å². The Kier molecular flexibility index (Phi) is 12.1. The number of ether oxygens (including phenoxy) is 1. The molecular formula is C12H27ClN2O2. The van der Waals surface area contributed by atoms with E-state index in [1.165, 1.54) is 0 Å². The molecule has 0 amide bonds. The summed E-state index contributed by atoms with van der Waals surface area (Å²) in [5, 5.41) is 0. The molecule has 0 rings (SSSR count). The Balaban J connectivity index is 0. The third kappa shape index (κ3) is 9.39. The summed E-state index contributed by atoms with van der Waals surface area (Å²) in [6.45, 7) is 11.5. The summed E-state index contributed by atoms with van der Waals surface area (Å²) < 4.78 is 5.13. The lowest BCUT2D eigenvalue weighted by Gasteiger charge is -2.19. The minimum atomic E-state index is -0.475. The first kappa shape index (κ1) is 19.0. The molecule has 0 aromatic rings. The summed E-state index contributed by atoms with van der Waals surface area (Å²) in [6.07, 6.45) is 0.685. The zero-order valence-corrected chi connectivity index (χ0v) is 12.3. The van der Waals surface area contributed by atoms with E-state index in [4.69, 9.17) is 10.5 Å². The third-order valence-corrected chi connectivity index (χ3v) is 2.57. The Morgan fingerprint density at radius 2 is 1.82 bits per heavy atom.